The number of unbranched alkanes of at least 4 members (excludes halogenated alkanes) is 1. The monoisotopic (exact) mass is 1470 g/mol. The van der Waals surface area contributed by atoms with Crippen molar-refractivity contribution < 1.29 is 61.8 Å². The van der Waals surface area contributed by atoms with E-state index in [0.29, 0.717) is 106 Å². The maximum absolute atomic E-state index is 15.8. The van der Waals surface area contributed by atoms with Crippen molar-refractivity contribution in [2.45, 2.75) is 150 Å². The van der Waals surface area contributed by atoms with E-state index in [2.05, 4.69) is 47.2 Å². The molecule has 11 rings (SSSR count). The number of hydrogen-bond acceptors (Lipinski definition) is 15. The van der Waals surface area contributed by atoms with Crippen LogP contribution in [0.1, 0.15) is 111 Å². The number of phenols is 1. The average Bonchev–Trinajstić information content (AvgIpc) is 1.67. The zero-order valence-corrected chi connectivity index (χ0v) is 59.9. The van der Waals surface area contributed by atoms with Gasteiger partial charge in [-0.1, -0.05) is 73.9 Å². The Balaban J connectivity index is 0.953. The van der Waals surface area contributed by atoms with Gasteiger partial charge >= 0.3 is 0 Å². The van der Waals surface area contributed by atoms with Crippen LogP contribution in [0.15, 0.2) is 127 Å². The van der Waals surface area contributed by atoms with Gasteiger partial charge in [0.1, 0.15) is 59.7 Å². The number of halogens is 2. The molecule has 1 saturated carbocycles. The summed E-state index contributed by atoms with van der Waals surface area (Å²) in [5.74, 6) is -7.84. The number of carbonyl (C=O) groups is 10. The smallest absolute Gasteiger partial charge is 0.272 e. The predicted molar refractivity (Wildman–Crippen MR) is 397 cm³/mol. The highest BCUT2D eigenvalue weighted by Crippen LogP contribution is 2.36. The van der Waals surface area contributed by atoms with E-state index in [1.807, 2.05) is 24.3 Å². The lowest BCUT2D eigenvalue weighted by Crippen LogP contribution is -2.62. The van der Waals surface area contributed by atoms with Crippen LogP contribution >= 0.6 is 23.5 Å². The number of aliphatic imine (C=N–C) groups is 1. The number of nitrogens with one attached hydrogen (secondary N) is 9. The zero-order chi connectivity index (χ0) is 74.3. The largest absolute Gasteiger partial charge is 0.508 e. The van der Waals surface area contributed by atoms with Gasteiger partial charge in [-0.2, -0.15) is 23.5 Å². The standard InChI is InChI=1S/C76H88F2N14O11S2/c1-76-27-10-29-92(76)73(101)61(32-44-18-22-52(93)23-19-44)86-66(96)40-91-63-17-6-5-15-53(63)67(47-13-3-2-4-14-47)89-69(74(91)102)90-72(100)60(34-49-38-82-57-25-21-51(78)36-55(49)57)87-71(99)59(33-48-37-81-56-24-20-50(77)35-54(48)56)85-65(95)39-83-70(98)58(16-7-8-28-79)84-64(94)26-30-104-41-45-11-9-12-46(31-45)42-105-43-62(68(80)97)88-75(76)103/h5-6,9,11-12,15,17-25,31,35-38,47,58-62,69,81-82,93H,2-4,7-8,10,13-14,16,26-30,32-34,39-43,79H2,1H3,(H2,80,97)(H,83,98)(H,84,94)(H,85,95)(H,86,96)(H,87,99)(H,88,103)(H,90,100)/t58-,59-,60-,61-,62-,69-,76-/m0/s1. The second kappa shape index (κ2) is 35.1. The lowest BCUT2D eigenvalue weighted by Gasteiger charge is -2.37. The summed E-state index contributed by atoms with van der Waals surface area (Å²) in [5.41, 5.74) is 15.5. The van der Waals surface area contributed by atoms with Crippen LogP contribution in [0.5, 0.6) is 5.75 Å². The molecule has 5 aromatic carbocycles. The summed E-state index contributed by atoms with van der Waals surface area (Å²) in [6.07, 6.45) is 6.11. The predicted octanol–water partition coefficient (Wildman–Crippen LogP) is 5.63. The molecule has 554 valence electrons. The first-order valence-electron chi connectivity index (χ1n) is 35.5. The summed E-state index contributed by atoms with van der Waals surface area (Å²) in [4.78, 5) is 161. The molecule has 0 radical (unpaired) electrons. The van der Waals surface area contributed by atoms with E-state index in [-0.39, 0.29) is 68.2 Å². The van der Waals surface area contributed by atoms with Gasteiger partial charge in [-0.15, -0.1) is 0 Å². The fraction of sp³-hybridized carbons (Fsp3) is 0.408. The fourth-order valence-electron chi connectivity index (χ4n) is 14.1. The number of fused-ring (bicyclic) bond motifs is 9. The van der Waals surface area contributed by atoms with E-state index in [4.69, 9.17) is 16.5 Å². The number of H-pyrrole nitrogens is 2. The molecule has 2 fully saturated rings. The van der Waals surface area contributed by atoms with Crippen LogP contribution in [0.3, 0.4) is 0 Å². The van der Waals surface area contributed by atoms with Crippen LogP contribution in [0.25, 0.3) is 21.8 Å². The van der Waals surface area contributed by atoms with E-state index in [0.717, 1.165) is 30.4 Å². The van der Waals surface area contributed by atoms with Gasteiger partial charge in [0.2, 0.25) is 59.3 Å². The van der Waals surface area contributed by atoms with Crippen molar-refractivity contribution in [2.24, 2.45) is 22.4 Å². The molecule has 7 atom stereocenters. The summed E-state index contributed by atoms with van der Waals surface area (Å²) in [6, 6.07) is 21.7. The summed E-state index contributed by atoms with van der Waals surface area (Å²) < 4.78 is 30.2. The van der Waals surface area contributed by atoms with E-state index in [1.54, 1.807) is 49.5 Å². The Morgan fingerprint density at radius 1 is 0.648 bits per heavy atom. The fourth-order valence-corrected chi connectivity index (χ4v) is 16.0. The van der Waals surface area contributed by atoms with Crippen molar-refractivity contribution in [3.63, 3.8) is 0 Å². The molecule has 4 aliphatic rings. The number of rotatable bonds is 12. The first-order valence-corrected chi connectivity index (χ1v) is 37.8. The molecule has 0 unspecified atom stereocenters. The van der Waals surface area contributed by atoms with Gasteiger partial charge in [-0.25, -0.2) is 8.78 Å². The number of thioether (sulfide) groups is 2. The highest BCUT2D eigenvalue weighted by atomic mass is 32.2. The van der Waals surface area contributed by atoms with Crippen molar-refractivity contribution in [1.82, 2.24) is 52.1 Å². The average molecular weight is 1480 g/mol. The number of primary amides is 1. The molecule has 0 spiro atoms. The SMILES string of the molecule is C[C@@]12CCCN1C(=O)[C@H](Cc1ccc(O)cc1)NC(=O)CN1C(=O)[C@@H](N=C(C3CCCCC3)c3ccccc31)NC(=O)[C@H](Cc1c[nH]c3ccc(F)cc13)NC(=O)[C@H](Cc1c[nH]c3ccc(F)cc13)NC(=O)CNC(=O)[C@H](CCCCN)NC(=O)CCSCc1cccc(c1)CSC[C@@H](C(N)=O)NC2=O. The molecule has 105 heavy (non-hydrogen) atoms. The minimum atomic E-state index is -1.80. The van der Waals surface area contributed by atoms with Crippen LogP contribution < -0.4 is 53.6 Å². The van der Waals surface area contributed by atoms with E-state index in [9.17, 15) is 29.1 Å². The maximum Gasteiger partial charge on any atom is 0.272 e. The molecular formula is C76H88F2N14O11S2. The van der Waals surface area contributed by atoms with Gasteiger partial charge in [0.05, 0.1) is 17.9 Å². The number of para-hydroxylation sites is 1. The van der Waals surface area contributed by atoms with Gasteiger partial charge in [0.15, 0.2) is 0 Å². The van der Waals surface area contributed by atoms with Gasteiger partial charge in [0, 0.05) is 101 Å². The summed E-state index contributed by atoms with van der Waals surface area (Å²) in [5, 5.41) is 30.5. The molecule has 3 aliphatic heterocycles. The van der Waals surface area contributed by atoms with Crippen LogP contribution in [-0.2, 0) is 78.7 Å². The molecule has 10 amide bonds. The molecule has 25 nitrogen and oxygen atoms in total. The van der Waals surface area contributed by atoms with Crippen molar-refractivity contribution in [1.29, 1.82) is 0 Å². The van der Waals surface area contributed by atoms with Crippen molar-refractivity contribution in [2.75, 3.05) is 42.6 Å². The number of benzene rings is 5. The minimum Gasteiger partial charge on any atom is -0.508 e. The number of aromatic amines is 2. The van der Waals surface area contributed by atoms with Crippen molar-refractivity contribution in [3.05, 3.63) is 167 Å². The number of hydrogen-bond donors (Lipinski definition) is 12. The van der Waals surface area contributed by atoms with Crippen molar-refractivity contribution >= 4 is 116 Å². The topological polar surface area (TPSA) is 378 Å². The normalized spacial score (nSPS) is 23.1. The zero-order valence-electron chi connectivity index (χ0n) is 58.2. The van der Waals surface area contributed by atoms with E-state index in [1.165, 1.54) is 88.1 Å². The Morgan fingerprint density at radius 2 is 1.29 bits per heavy atom. The van der Waals surface area contributed by atoms with Gasteiger partial charge in [-0.3, -0.25) is 57.8 Å². The second-order valence-corrected chi connectivity index (χ2v) is 29.5. The highest BCUT2D eigenvalue weighted by Gasteiger charge is 2.49. The van der Waals surface area contributed by atoms with Crippen LogP contribution in [0, 0.1) is 17.6 Å². The quantitative estimate of drug-likeness (QED) is 0.0661. The molecular weight excluding hydrogens is 1390 g/mol. The Bertz CT molecular complexity index is 4410. The first-order chi connectivity index (χ1) is 50.6. The third-order valence-electron chi connectivity index (χ3n) is 19.8. The van der Waals surface area contributed by atoms with Gasteiger partial charge in [-0.05, 0) is 141 Å². The third kappa shape index (κ3) is 19.3. The molecule has 5 heterocycles. The van der Waals surface area contributed by atoms with Gasteiger partial charge < -0.3 is 68.7 Å². The number of anilines is 1. The van der Waals surface area contributed by atoms with E-state index < -0.39 is 126 Å². The van der Waals surface area contributed by atoms with Gasteiger partial charge in [0.25, 0.3) is 5.91 Å². The number of nitrogens with two attached hydrogens (primary N) is 2. The molecule has 2 aromatic heterocycles. The second-order valence-electron chi connectivity index (χ2n) is 27.3. The van der Waals surface area contributed by atoms with Crippen LogP contribution in [-0.4, -0.2) is 164 Å². The Morgan fingerprint density at radius 3 is 1.96 bits per heavy atom. The lowest BCUT2D eigenvalue weighted by molar-refractivity contribution is -0.147. The summed E-state index contributed by atoms with van der Waals surface area (Å²) >= 11 is 2.85. The Kier molecular flexibility index (Phi) is 25.4. The van der Waals surface area contributed by atoms with Crippen LogP contribution in [0.2, 0.25) is 0 Å². The minimum absolute atomic E-state index is 0.0344. The highest BCUT2D eigenvalue weighted by molar-refractivity contribution is 7.98. The number of aromatic hydroxyl groups is 1. The summed E-state index contributed by atoms with van der Waals surface area (Å²) in [7, 11) is 0. The third-order valence-corrected chi connectivity index (χ3v) is 21.9. The maximum atomic E-state index is 15.8. The molecule has 1 aliphatic carbocycles. The molecule has 7 aromatic rings. The Hall–Kier alpha value is -10.1. The summed E-state index contributed by atoms with van der Waals surface area (Å²) in [6.45, 7) is 0.538. The number of nitrogens with zero attached hydrogens (tertiary/aromatic N) is 3. The number of phenolic OH excluding ortho intramolecular Hbond substituents is 1. The number of amides is 10. The number of aromatic nitrogens is 2. The molecule has 1 saturated heterocycles. The Labute approximate surface area is 614 Å². The first kappa shape index (κ1) is 76.0. The van der Waals surface area contributed by atoms with Crippen molar-refractivity contribution in [3.8, 4) is 5.75 Å². The molecule has 29 heteroatoms. The molecule has 4 bridgehead atoms. The molecule has 14 N–H and O–H groups in total. The lowest BCUT2D eigenvalue weighted by atomic mass is 9.83. The van der Waals surface area contributed by atoms with Crippen LogP contribution in [0.4, 0.5) is 14.5 Å². The number of carbonyl (C=O) groups excluding carboxylic acids is 10. The van der Waals surface area contributed by atoms with E-state index >= 15 is 32.8 Å².